The Kier molecular flexibility index (Phi) is 9.60. The van der Waals surface area contributed by atoms with Crippen molar-refractivity contribution < 1.29 is 27.8 Å². The summed E-state index contributed by atoms with van der Waals surface area (Å²) in [5.41, 5.74) is 1.01. The van der Waals surface area contributed by atoms with E-state index in [1.165, 1.54) is 6.33 Å². The number of amides is 1. The second kappa shape index (κ2) is 13.6. The number of likely N-dealkylation sites (tertiary alicyclic amines) is 1. The average Bonchev–Trinajstić information content (AvgIpc) is 3.63. The van der Waals surface area contributed by atoms with Gasteiger partial charge in [-0.05, 0) is 68.7 Å². The fourth-order valence-electron chi connectivity index (χ4n) is 4.68. The molecule has 4 heterocycles. The number of anilines is 2. The van der Waals surface area contributed by atoms with Gasteiger partial charge >= 0.3 is 12.7 Å². The zero-order valence-corrected chi connectivity index (χ0v) is 25.9. The molecule has 1 N–H and O–H groups in total. The predicted molar refractivity (Wildman–Crippen MR) is 159 cm³/mol. The lowest BCUT2D eigenvalue weighted by molar-refractivity contribution is -0.0529. The number of nitrogens with zero attached hydrogens (tertiary/aromatic N) is 9. The Morgan fingerprint density at radius 2 is 1.87 bits per heavy atom. The molecule has 1 atom stereocenters. The van der Waals surface area contributed by atoms with E-state index in [1.54, 1.807) is 51.1 Å². The van der Waals surface area contributed by atoms with Crippen molar-refractivity contribution in [1.29, 1.82) is 0 Å². The van der Waals surface area contributed by atoms with Gasteiger partial charge in [0, 0.05) is 31.0 Å². The zero-order chi connectivity index (χ0) is 32.1. The molecule has 1 saturated heterocycles. The quantitative estimate of drug-likeness (QED) is 0.237. The smallest absolute Gasteiger partial charge is 0.410 e. The van der Waals surface area contributed by atoms with Crippen LogP contribution in [0.1, 0.15) is 46.6 Å². The van der Waals surface area contributed by atoms with Crippen LogP contribution in [0.5, 0.6) is 11.6 Å². The summed E-state index contributed by atoms with van der Waals surface area (Å²) >= 11 is 6.37. The van der Waals surface area contributed by atoms with Gasteiger partial charge in [0.25, 0.3) is 5.88 Å². The highest BCUT2D eigenvalue weighted by molar-refractivity contribution is 6.32. The van der Waals surface area contributed by atoms with Gasteiger partial charge in [0.1, 0.15) is 29.5 Å². The first-order valence-corrected chi connectivity index (χ1v) is 14.6. The highest BCUT2D eigenvalue weighted by Crippen LogP contribution is 2.33. The molecule has 0 saturated carbocycles. The van der Waals surface area contributed by atoms with Gasteiger partial charge in [-0.15, -0.1) is 10.2 Å². The van der Waals surface area contributed by atoms with Crippen molar-refractivity contribution in [3.8, 4) is 22.8 Å². The molecule has 1 fully saturated rings. The van der Waals surface area contributed by atoms with E-state index >= 15 is 0 Å². The summed E-state index contributed by atoms with van der Waals surface area (Å²) in [6.07, 6.45) is 6.69. The molecular weight excluding hydrogens is 614 g/mol. The molecule has 1 aliphatic heterocycles. The Morgan fingerprint density at radius 1 is 1.13 bits per heavy atom. The van der Waals surface area contributed by atoms with Crippen molar-refractivity contribution in [2.45, 2.75) is 71.4 Å². The van der Waals surface area contributed by atoms with Crippen LogP contribution in [0.4, 0.5) is 25.2 Å². The van der Waals surface area contributed by atoms with Crippen LogP contribution in [0.25, 0.3) is 11.1 Å². The Bertz CT molecular complexity index is 1570. The van der Waals surface area contributed by atoms with Crippen molar-refractivity contribution in [1.82, 2.24) is 44.9 Å². The van der Waals surface area contributed by atoms with Crippen molar-refractivity contribution in [2.75, 3.05) is 18.4 Å². The number of hydrogen-bond acceptors (Lipinski definition) is 11. The van der Waals surface area contributed by atoms with Crippen LogP contribution in [-0.4, -0.2) is 82.4 Å². The second-order valence-corrected chi connectivity index (χ2v) is 11.8. The van der Waals surface area contributed by atoms with Gasteiger partial charge in [0.05, 0.1) is 23.8 Å². The molecule has 240 valence electrons. The molecule has 5 rings (SSSR count). The molecule has 0 bridgehead atoms. The van der Waals surface area contributed by atoms with Crippen LogP contribution in [0.2, 0.25) is 5.02 Å². The van der Waals surface area contributed by atoms with E-state index in [0.29, 0.717) is 48.8 Å². The fraction of sp³-hybridized carbons (Fsp3) is 0.464. The van der Waals surface area contributed by atoms with E-state index < -0.39 is 12.2 Å². The minimum atomic E-state index is -3.08. The average molecular weight is 647 g/mol. The Balaban J connectivity index is 1.25. The zero-order valence-electron chi connectivity index (χ0n) is 25.1. The summed E-state index contributed by atoms with van der Waals surface area (Å²) in [6, 6.07) is 5.15. The molecule has 3 aromatic heterocycles. The van der Waals surface area contributed by atoms with Crippen molar-refractivity contribution >= 4 is 29.3 Å². The number of tetrazole rings is 1. The Labute approximate surface area is 262 Å². The first-order valence-electron chi connectivity index (χ1n) is 14.2. The first kappa shape index (κ1) is 31.8. The number of nitrogens with one attached hydrogen (secondary N) is 1. The monoisotopic (exact) mass is 646 g/mol. The van der Waals surface area contributed by atoms with E-state index in [4.69, 9.17) is 21.1 Å². The normalized spacial score (nSPS) is 14.8. The summed E-state index contributed by atoms with van der Waals surface area (Å²) < 4.78 is 45.7. The molecule has 1 aromatic carbocycles. The molecule has 0 aliphatic carbocycles. The maximum absolute atomic E-state index is 13.2. The van der Waals surface area contributed by atoms with Gasteiger partial charge in [0.15, 0.2) is 0 Å². The Morgan fingerprint density at radius 3 is 2.51 bits per heavy atom. The van der Waals surface area contributed by atoms with Crippen molar-refractivity contribution in [3.05, 3.63) is 48.1 Å². The molecule has 0 radical (unpaired) electrons. The molecule has 1 unspecified atom stereocenters. The third-order valence-corrected chi connectivity index (χ3v) is 7.03. The van der Waals surface area contributed by atoms with E-state index in [-0.39, 0.29) is 35.8 Å². The molecule has 1 amide bonds. The van der Waals surface area contributed by atoms with Crippen molar-refractivity contribution in [2.24, 2.45) is 0 Å². The molecule has 17 heteroatoms. The summed E-state index contributed by atoms with van der Waals surface area (Å²) in [5, 5.41) is 18.7. The van der Waals surface area contributed by atoms with Gasteiger partial charge < -0.3 is 24.4 Å². The van der Waals surface area contributed by atoms with E-state index in [2.05, 4.69) is 40.6 Å². The minimum Gasteiger partial charge on any atom is -0.487 e. The fourth-order valence-corrected chi connectivity index (χ4v) is 4.84. The van der Waals surface area contributed by atoms with Crippen molar-refractivity contribution in [3.63, 3.8) is 0 Å². The van der Waals surface area contributed by atoms with Gasteiger partial charge in [-0.1, -0.05) is 17.7 Å². The van der Waals surface area contributed by atoms with Gasteiger partial charge in [-0.3, -0.25) is 4.68 Å². The van der Waals surface area contributed by atoms with Crippen LogP contribution in [0, 0.1) is 0 Å². The van der Waals surface area contributed by atoms with E-state index in [0.717, 1.165) is 5.56 Å². The molecule has 14 nitrogen and oxygen atoms in total. The number of benzene rings is 1. The third kappa shape index (κ3) is 8.53. The van der Waals surface area contributed by atoms with Crippen LogP contribution >= 0.6 is 11.6 Å². The van der Waals surface area contributed by atoms with Crippen LogP contribution in [-0.2, 0) is 11.3 Å². The molecule has 45 heavy (non-hydrogen) atoms. The Hall–Kier alpha value is -4.60. The number of rotatable bonds is 10. The SMILES string of the molecule is CC(Cn1cnnn1)Oc1cc(-c2cnc(Nc3cn(C4CCN(C(=O)OC(C)(C)C)CC4)nc3OC(F)F)nc2)ccc1Cl. The minimum absolute atomic E-state index is 0.139. The largest absolute Gasteiger partial charge is 0.487 e. The number of alkyl halides is 2. The summed E-state index contributed by atoms with van der Waals surface area (Å²) in [5.74, 6) is 0.329. The number of hydrogen-bond donors (Lipinski definition) is 1. The van der Waals surface area contributed by atoms with E-state index in [9.17, 15) is 13.6 Å². The lowest BCUT2D eigenvalue weighted by atomic mass is 10.1. The first-order chi connectivity index (χ1) is 21.4. The maximum atomic E-state index is 13.2. The van der Waals surface area contributed by atoms with Gasteiger partial charge in [0.2, 0.25) is 5.95 Å². The number of piperidine rings is 1. The van der Waals surface area contributed by atoms with Crippen LogP contribution < -0.4 is 14.8 Å². The summed E-state index contributed by atoms with van der Waals surface area (Å²) in [4.78, 5) is 22.8. The number of ether oxygens (including phenoxy) is 3. The molecule has 1 aliphatic rings. The van der Waals surface area contributed by atoms with Crippen LogP contribution in [0.15, 0.2) is 43.1 Å². The summed E-state index contributed by atoms with van der Waals surface area (Å²) in [7, 11) is 0. The highest BCUT2D eigenvalue weighted by Gasteiger charge is 2.29. The highest BCUT2D eigenvalue weighted by atomic mass is 35.5. The molecule has 0 spiro atoms. The standard InChI is InChI=1S/C28H33ClF2N10O4/c1-17(14-40-16-34-37-38-40)43-23-11-18(5-6-21(23)29)19-12-32-26(33-13-19)35-22-15-41(36-24(22)44-25(30)31)20-7-9-39(10-8-20)27(42)45-28(2,3)4/h5-6,11-13,15-17,20,25H,7-10,14H2,1-4H3,(H,32,33,35). The van der Waals surface area contributed by atoms with Gasteiger partial charge in [-0.25, -0.2) is 19.4 Å². The number of aromatic nitrogens is 8. The summed E-state index contributed by atoms with van der Waals surface area (Å²) in [6.45, 7) is 5.52. The molecule has 4 aromatic rings. The third-order valence-electron chi connectivity index (χ3n) is 6.72. The number of carbonyl (C=O) groups excluding carboxylic acids is 1. The number of halogens is 3. The maximum Gasteiger partial charge on any atom is 0.410 e. The predicted octanol–water partition coefficient (Wildman–Crippen LogP) is 5.36. The molecular formula is C28H33ClF2N10O4. The van der Waals surface area contributed by atoms with Gasteiger partial charge in [-0.2, -0.15) is 8.78 Å². The lowest BCUT2D eigenvalue weighted by Crippen LogP contribution is -2.42. The lowest BCUT2D eigenvalue weighted by Gasteiger charge is -2.33. The van der Waals surface area contributed by atoms with Crippen LogP contribution in [0.3, 0.4) is 0 Å². The second-order valence-electron chi connectivity index (χ2n) is 11.4. The topological polar surface area (TPSA) is 147 Å². The van der Waals surface area contributed by atoms with E-state index in [1.807, 2.05) is 27.7 Å². The number of carbonyl (C=O) groups is 1.